The van der Waals surface area contributed by atoms with E-state index in [0.29, 0.717) is 12.0 Å². The highest BCUT2D eigenvalue weighted by Crippen LogP contribution is 2.26. The number of allylic oxidation sites excluding steroid dienone is 1. The largest absolute Gasteiger partial charge is 0.481 e. The number of carboxylic acids is 2. The van der Waals surface area contributed by atoms with Gasteiger partial charge in [0.2, 0.25) is 5.91 Å². The van der Waals surface area contributed by atoms with Gasteiger partial charge in [0.1, 0.15) is 30.5 Å². The van der Waals surface area contributed by atoms with E-state index in [0.717, 1.165) is 44.9 Å². The number of hydrogen-bond acceptors (Lipinski definition) is 11. The van der Waals surface area contributed by atoms with Crippen molar-refractivity contribution >= 4 is 23.8 Å². The lowest BCUT2D eigenvalue weighted by Gasteiger charge is -2.42. The van der Waals surface area contributed by atoms with Crippen LogP contribution in [0.4, 0.5) is 0 Å². The van der Waals surface area contributed by atoms with Crippen LogP contribution in [0.2, 0.25) is 0 Å². The first-order valence-corrected chi connectivity index (χ1v) is 25.6. The molecule has 14 nitrogen and oxygen atoms in total. The average molecular weight is 934 g/mol. The first kappa shape index (κ1) is 58.7. The molecule has 0 radical (unpaired) electrons. The third-order valence-electron chi connectivity index (χ3n) is 12.4. The van der Waals surface area contributed by atoms with Crippen LogP contribution in [0.5, 0.6) is 0 Å². The molecule has 0 bridgehead atoms. The summed E-state index contributed by atoms with van der Waals surface area (Å²) in [6, 6.07) is 7.57. The van der Waals surface area contributed by atoms with Gasteiger partial charge in [-0.05, 0) is 43.9 Å². The number of benzene rings is 1. The quantitative estimate of drug-likeness (QED) is 0.0156. The number of carboxylic acid groups (broad SMARTS) is 2. The Hall–Kier alpha value is -3.40. The third-order valence-corrected chi connectivity index (χ3v) is 12.4. The summed E-state index contributed by atoms with van der Waals surface area (Å²) in [7, 11) is 0. The molecule has 6 N–H and O–H groups in total. The SMILES string of the molecule is CCCCCCCCCCCCC/C=C/[C@@H](OC(=O)c1ccccc1)[C@H](CO[C@H]1O[C@H](CO)[C@H](OCCC(C(=O)O)C(=O)O)[C@H](O)[C@H]1O)NC(=O)CCCCCCCCCCCCCCC. The van der Waals surface area contributed by atoms with E-state index in [1.165, 1.54) is 109 Å². The number of unbranched alkanes of at least 4 members (excludes halogenated alkanes) is 23. The van der Waals surface area contributed by atoms with E-state index in [1.807, 2.05) is 6.08 Å². The van der Waals surface area contributed by atoms with Crippen LogP contribution >= 0.6 is 0 Å². The summed E-state index contributed by atoms with van der Waals surface area (Å²) >= 11 is 0. The monoisotopic (exact) mass is 934 g/mol. The van der Waals surface area contributed by atoms with Crippen molar-refractivity contribution in [3.63, 3.8) is 0 Å². The Labute approximate surface area is 395 Å². The van der Waals surface area contributed by atoms with Crippen LogP contribution in [0.25, 0.3) is 0 Å². The molecule has 1 fully saturated rings. The summed E-state index contributed by atoms with van der Waals surface area (Å²) in [6.45, 7) is 3.03. The van der Waals surface area contributed by atoms with E-state index in [4.69, 9.17) is 18.9 Å². The van der Waals surface area contributed by atoms with Gasteiger partial charge < -0.3 is 49.8 Å². The predicted molar refractivity (Wildman–Crippen MR) is 255 cm³/mol. The van der Waals surface area contributed by atoms with Crippen molar-refractivity contribution in [2.24, 2.45) is 5.92 Å². The van der Waals surface area contributed by atoms with Gasteiger partial charge in [0.25, 0.3) is 0 Å². The van der Waals surface area contributed by atoms with E-state index in [9.17, 15) is 44.7 Å². The normalized spacial score (nSPS) is 19.5. The minimum atomic E-state index is -1.75. The second-order valence-corrected chi connectivity index (χ2v) is 18.0. The van der Waals surface area contributed by atoms with Gasteiger partial charge >= 0.3 is 17.9 Å². The zero-order chi connectivity index (χ0) is 48.2. The maximum Gasteiger partial charge on any atom is 0.338 e. The molecule has 1 aromatic rings. The highest BCUT2D eigenvalue weighted by Gasteiger charge is 2.46. The number of amides is 1. The summed E-state index contributed by atoms with van der Waals surface area (Å²) in [5.74, 6) is -5.73. The van der Waals surface area contributed by atoms with Gasteiger partial charge in [0, 0.05) is 13.0 Å². The molecule has 0 aromatic heterocycles. The van der Waals surface area contributed by atoms with Crippen LogP contribution in [0, 0.1) is 5.92 Å². The smallest absolute Gasteiger partial charge is 0.338 e. The molecule has 7 atom stereocenters. The molecule has 1 heterocycles. The fraction of sp³-hybridized carbons (Fsp3) is 0.769. The third kappa shape index (κ3) is 25.7. The van der Waals surface area contributed by atoms with Crippen LogP contribution in [0.3, 0.4) is 0 Å². The van der Waals surface area contributed by atoms with Crippen LogP contribution < -0.4 is 5.32 Å². The van der Waals surface area contributed by atoms with Gasteiger partial charge in [-0.25, -0.2) is 4.79 Å². The fourth-order valence-electron chi connectivity index (χ4n) is 8.25. The number of esters is 1. The Bertz CT molecular complexity index is 1430. The summed E-state index contributed by atoms with van der Waals surface area (Å²) < 4.78 is 23.5. The molecule has 0 aliphatic carbocycles. The topological polar surface area (TPSA) is 218 Å². The Morgan fingerprint density at radius 1 is 0.682 bits per heavy atom. The van der Waals surface area contributed by atoms with Gasteiger partial charge in [-0.15, -0.1) is 0 Å². The lowest BCUT2D eigenvalue weighted by molar-refractivity contribution is -0.309. The molecule has 0 spiro atoms. The van der Waals surface area contributed by atoms with Crippen LogP contribution in [-0.4, -0.2) is 112 Å². The number of carbonyl (C=O) groups excluding carboxylic acids is 2. The van der Waals surface area contributed by atoms with Crippen molar-refractivity contribution in [3.05, 3.63) is 48.0 Å². The van der Waals surface area contributed by atoms with E-state index in [-0.39, 0.29) is 18.9 Å². The van der Waals surface area contributed by atoms with Crippen LogP contribution in [0.1, 0.15) is 198 Å². The summed E-state index contributed by atoms with van der Waals surface area (Å²) in [5, 5.41) is 53.8. The van der Waals surface area contributed by atoms with E-state index < -0.39 is 86.3 Å². The second-order valence-electron chi connectivity index (χ2n) is 18.0. The molecular formula is C52H87NO13. The van der Waals surface area contributed by atoms with Crippen molar-refractivity contribution in [2.45, 2.75) is 230 Å². The number of aliphatic hydroxyl groups is 3. The zero-order valence-electron chi connectivity index (χ0n) is 40.4. The number of hydrogen-bond donors (Lipinski definition) is 6. The molecule has 2 rings (SSSR count). The van der Waals surface area contributed by atoms with Crippen LogP contribution in [-0.2, 0) is 33.3 Å². The Balaban J connectivity index is 2.12. The molecule has 1 amide bonds. The van der Waals surface area contributed by atoms with Crippen molar-refractivity contribution in [1.29, 1.82) is 0 Å². The fourth-order valence-corrected chi connectivity index (χ4v) is 8.25. The highest BCUT2D eigenvalue weighted by molar-refractivity contribution is 5.92. The first-order valence-electron chi connectivity index (χ1n) is 25.6. The van der Waals surface area contributed by atoms with E-state index >= 15 is 0 Å². The van der Waals surface area contributed by atoms with E-state index in [2.05, 4.69) is 19.2 Å². The number of rotatable bonds is 41. The Kier molecular flexibility index (Phi) is 33.4. The molecule has 66 heavy (non-hydrogen) atoms. The molecule has 1 aliphatic heterocycles. The standard InChI is InChI=1S/C52H87NO13/c1-3-5-7-9-11-13-15-17-19-21-23-25-30-34-43(65-51(62)40-32-28-27-29-33-40)42(53-45(55)35-31-26-24-22-20-18-16-14-12-10-8-6-4-2)39-64-52-47(57)46(56)48(44(38-54)66-52)63-37-36-41(49(58)59)50(60)61/h27-30,32-34,41-44,46-48,52,54,56-57H,3-26,31,35-39H2,1-2H3,(H,53,55)(H,58,59)(H,60,61)/b34-30+/t42-,43+,44+,46+,47+,48-,52-/m0/s1. The highest BCUT2D eigenvalue weighted by atomic mass is 16.7. The molecule has 14 heteroatoms. The van der Waals surface area contributed by atoms with Crippen molar-refractivity contribution in [3.8, 4) is 0 Å². The molecule has 0 saturated carbocycles. The van der Waals surface area contributed by atoms with Gasteiger partial charge in [-0.1, -0.05) is 179 Å². The molecular weight excluding hydrogens is 847 g/mol. The average Bonchev–Trinajstić information content (AvgIpc) is 3.30. The zero-order valence-corrected chi connectivity index (χ0v) is 40.4. The maximum absolute atomic E-state index is 13.6. The summed E-state index contributed by atoms with van der Waals surface area (Å²) in [4.78, 5) is 49.7. The molecule has 0 unspecified atom stereocenters. The second kappa shape index (κ2) is 37.6. The first-order chi connectivity index (χ1) is 32.0. The van der Waals surface area contributed by atoms with Crippen molar-refractivity contribution in [2.75, 3.05) is 19.8 Å². The Morgan fingerprint density at radius 2 is 1.18 bits per heavy atom. The number of aliphatic hydroxyl groups excluding tert-OH is 3. The lowest BCUT2D eigenvalue weighted by atomic mass is 9.98. The predicted octanol–water partition coefficient (Wildman–Crippen LogP) is 9.45. The van der Waals surface area contributed by atoms with Crippen molar-refractivity contribution < 1.29 is 63.7 Å². The summed E-state index contributed by atoms with van der Waals surface area (Å²) in [5.41, 5.74) is 0.322. The number of ether oxygens (including phenoxy) is 4. The van der Waals surface area contributed by atoms with Gasteiger partial charge in [0.05, 0.1) is 24.8 Å². The molecule has 1 aromatic carbocycles. The van der Waals surface area contributed by atoms with Gasteiger partial charge in [-0.2, -0.15) is 0 Å². The minimum absolute atomic E-state index is 0.244. The maximum atomic E-state index is 13.6. The van der Waals surface area contributed by atoms with Crippen LogP contribution in [0.15, 0.2) is 42.5 Å². The Morgan fingerprint density at radius 3 is 1.68 bits per heavy atom. The van der Waals surface area contributed by atoms with Gasteiger partial charge in [-0.3, -0.25) is 14.4 Å². The summed E-state index contributed by atoms with van der Waals surface area (Å²) in [6.07, 6.45) is 24.3. The number of carbonyl (C=O) groups is 4. The van der Waals surface area contributed by atoms with E-state index in [1.54, 1.807) is 36.4 Å². The lowest BCUT2D eigenvalue weighted by Crippen LogP contribution is -2.61. The minimum Gasteiger partial charge on any atom is -0.481 e. The molecule has 1 saturated heterocycles. The number of aliphatic carboxylic acids is 2. The van der Waals surface area contributed by atoms with Gasteiger partial charge in [0.15, 0.2) is 12.2 Å². The van der Waals surface area contributed by atoms with Crippen molar-refractivity contribution in [1.82, 2.24) is 5.32 Å². The molecule has 378 valence electrons. The number of nitrogens with one attached hydrogen (secondary N) is 1. The molecule has 1 aliphatic rings.